The quantitative estimate of drug-likeness (QED) is 0.616. The van der Waals surface area contributed by atoms with Crippen LogP contribution < -0.4 is 4.74 Å². The van der Waals surface area contributed by atoms with Crippen LogP contribution in [0, 0.1) is 13.1 Å². The Bertz CT molecular complexity index is 210. The Morgan fingerprint density at radius 1 is 1.70 bits per heavy atom. The number of aryl methyl sites for hydroxylation is 1. The highest BCUT2D eigenvalue weighted by molar-refractivity contribution is 5.27. The Morgan fingerprint density at radius 2 is 2.50 bits per heavy atom. The van der Waals surface area contributed by atoms with Crippen LogP contribution in [-0.2, 0) is 0 Å². The molecule has 0 aliphatic heterocycles. The minimum Gasteiger partial charge on any atom is -0.493 e. The van der Waals surface area contributed by atoms with Crippen molar-refractivity contribution in [2.24, 2.45) is 0 Å². The lowest BCUT2D eigenvalue weighted by Crippen LogP contribution is -1.93. The first kappa shape index (κ1) is 7.06. The molecule has 0 saturated carbocycles. The average Bonchev–Trinajstić information content (AvgIpc) is 1.94. The Morgan fingerprint density at radius 3 is 3.10 bits per heavy atom. The third-order valence-corrected chi connectivity index (χ3v) is 1.20. The van der Waals surface area contributed by atoms with Gasteiger partial charge in [0.05, 0.1) is 12.8 Å². The fraction of sp³-hybridized carbons (Fsp3) is 0.375. The molecule has 1 heterocycles. The van der Waals surface area contributed by atoms with Crippen LogP contribution >= 0.6 is 0 Å². The molecular weight excluding hydrogens is 126 g/mol. The molecule has 0 bridgehead atoms. The van der Waals surface area contributed by atoms with E-state index in [9.17, 15) is 0 Å². The number of hydrogen-bond donors (Lipinski definition) is 0. The first-order valence-electron chi connectivity index (χ1n) is 3.30. The van der Waals surface area contributed by atoms with Gasteiger partial charge in [0.25, 0.3) is 0 Å². The molecule has 2 nitrogen and oxygen atoms in total. The lowest BCUT2D eigenvalue weighted by Gasteiger charge is -2.03. The van der Waals surface area contributed by atoms with E-state index in [4.69, 9.17) is 4.74 Å². The molecule has 1 radical (unpaired) electrons. The number of nitrogens with zero attached hydrogens (tertiary/aromatic N) is 1. The third-order valence-electron chi connectivity index (χ3n) is 1.20. The van der Waals surface area contributed by atoms with Crippen molar-refractivity contribution in [3.05, 3.63) is 24.0 Å². The smallest absolute Gasteiger partial charge is 0.125 e. The van der Waals surface area contributed by atoms with E-state index in [-0.39, 0.29) is 0 Å². The van der Waals surface area contributed by atoms with Crippen molar-refractivity contribution in [3.63, 3.8) is 0 Å². The highest BCUT2D eigenvalue weighted by Gasteiger charge is 1.94. The molecule has 0 saturated heterocycles. The molecule has 10 heavy (non-hydrogen) atoms. The van der Waals surface area contributed by atoms with E-state index in [0.29, 0.717) is 6.61 Å². The van der Waals surface area contributed by atoms with Crippen LogP contribution in [0.25, 0.3) is 0 Å². The minimum atomic E-state index is 0.693. The fourth-order valence-corrected chi connectivity index (χ4v) is 0.731. The van der Waals surface area contributed by atoms with Crippen LogP contribution in [0.3, 0.4) is 0 Å². The molecule has 1 aromatic heterocycles. The Kier molecular flexibility index (Phi) is 2.26. The van der Waals surface area contributed by atoms with Crippen molar-refractivity contribution in [3.8, 4) is 5.75 Å². The Balaban J connectivity index is 2.81. The van der Waals surface area contributed by atoms with Gasteiger partial charge in [-0.3, -0.25) is 4.98 Å². The summed E-state index contributed by atoms with van der Waals surface area (Å²) >= 11 is 0. The van der Waals surface area contributed by atoms with Gasteiger partial charge in [-0.05, 0) is 19.9 Å². The molecule has 0 unspecified atom stereocenters. The van der Waals surface area contributed by atoms with E-state index in [1.165, 1.54) is 0 Å². The van der Waals surface area contributed by atoms with Crippen LogP contribution in [-0.4, -0.2) is 11.6 Å². The molecule has 0 aromatic carbocycles. The number of aromatic nitrogens is 1. The number of hydrogen-bond acceptors (Lipinski definition) is 2. The van der Waals surface area contributed by atoms with Crippen molar-refractivity contribution in [1.82, 2.24) is 4.98 Å². The van der Waals surface area contributed by atoms with Gasteiger partial charge in [0, 0.05) is 11.8 Å². The van der Waals surface area contributed by atoms with Gasteiger partial charge in [-0.1, -0.05) is 0 Å². The summed E-state index contributed by atoms with van der Waals surface area (Å²) in [6.45, 7) is 4.58. The molecule has 0 atom stereocenters. The van der Waals surface area contributed by atoms with Crippen molar-refractivity contribution < 1.29 is 4.74 Å². The lowest BCUT2D eigenvalue weighted by molar-refractivity contribution is 0.337. The van der Waals surface area contributed by atoms with Gasteiger partial charge < -0.3 is 4.74 Å². The zero-order chi connectivity index (χ0) is 7.40. The molecule has 53 valence electrons. The summed E-state index contributed by atoms with van der Waals surface area (Å²) in [5.41, 5.74) is 0.962. The highest BCUT2D eigenvalue weighted by atomic mass is 16.5. The summed E-state index contributed by atoms with van der Waals surface area (Å²) in [6, 6.07) is 1.84. The van der Waals surface area contributed by atoms with Crippen LogP contribution in [0.15, 0.2) is 12.3 Å². The van der Waals surface area contributed by atoms with Gasteiger partial charge >= 0.3 is 0 Å². The standard InChI is InChI=1S/C8H10NO/c1-3-10-8-4-5-9-6-7(8)2/h4-5H,3H2,1-2H3. The third kappa shape index (κ3) is 1.47. The molecule has 0 aliphatic carbocycles. The molecule has 0 amide bonds. The number of ether oxygens (including phenoxy) is 1. The van der Waals surface area contributed by atoms with Crippen LogP contribution in [0.5, 0.6) is 5.75 Å². The van der Waals surface area contributed by atoms with E-state index in [0.717, 1.165) is 11.3 Å². The second-order valence-corrected chi connectivity index (χ2v) is 1.98. The summed E-state index contributed by atoms with van der Waals surface area (Å²) in [5, 5.41) is 0. The molecule has 0 N–H and O–H groups in total. The minimum absolute atomic E-state index is 0.693. The maximum atomic E-state index is 5.27. The molecule has 0 fully saturated rings. The lowest BCUT2D eigenvalue weighted by atomic mass is 10.3. The zero-order valence-electron chi connectivity index (χ0n) is 6.22. The first-order chi connectivity index (χ1) is 4.84. The predicted molar refractivity (Wildman–Crippen MR) is 39.0 cm³/mol. The van der Waals surface area contributed by atoms with Gasteiger partial charge in [-0.25, -0.2) is 0 Å². The van der Waals surface area contributed by atoms with Crippen molar-refractivity contribution >= 4 is 0 Å². The van der Waals surface area contributed by atoms with E-state index in [2.05, 4.69) is 11.2 Å². The molecule has 1 aromatic rings. The van der Waals surface area contributed by atoms with Crippen LogP contribution in [0.2, 0.25) is 0 Å². The second kappa shape index (κ2) is 3.20. The maximum absolute atomic E-state index is 5.27. The maximum Gasteiger partial charge on any atom is 0.125 e. The summed E-state index contributed by atoms with van der Waals surface area (Å²) in [6.07, 6.45) is 4.49. The number of rotatable bonds is 2. The monoisotopic (exact) mass is 136 g/mol. The van der Waals surface area contributed by atoms with Crippen molar-refractivity contribution in [2.45, 2.75) is 13.8 Å². The van der Waals surface area contributed by atoms with Gasteiger partial charge in [0.2, 0.25) is 0 Å². The largest absolute Gasteiger partial charge is 0.493 e. The van der Waals surface area contributed by atoms with E-state index >= 15 is 0 Å². The SMILES string of the molecule is CCOc1ccn[c]c1C. The van der Waals surface area contributed by atoms with Gasteiger partial charge in [0.1, 0.15) is 5.75 Å². The van der Waals surface area contributed by atoms with Gasteiger partial charge in [-0.2, -0.15) is 0 Å². The van der Waals surface area contributed by atoms with Gasteiger partial charge in [0.15, 0.2) is 0 Å². The van der Waals surface area contributed by atoms with Crippen LogP contribution in [0.1, 0.15) is 12.5 Å². The summed E-state index contributed by atoms with van der Waals surface area (Å²) < 4.78 is 5.27. The van der Waals surface area contributed by atoms with Crippen molar-refractivity contribution in [1.29, 1.82) is 0 Å². The first-order valence-corrected chi connectivity index (χ1v) is 3.30. The van der Waals surface area contributed by atoms with E-state index in [1.54, 1.807) is 6.20 Å². The van der Waals surface area contributed by atoms with E-state index in [1.807, 2.05) is 19.9 Å². The molecular formula is C8H10NO. The van der Waals surface area contributed by atoms with Crippen LogP contribution in [0.4, 0.5) is 0 Å². The summed E-state index contributed by atoms with van der Waals surface area (Å²) in [4.78, 5) is 3.82. The highest BCUT2D eigenvalue weighted by Crippen LogP contribution is 2.13. The molecule has 1 rings (SSSR count). The topological polar surface area (TPSA) is 22.1 Å². The van der Waals surface area contributed by atoms with Gasteiger partial charge in [-0.15, -0.1) is 0 Å². The summed E-state index contributed by atoms with van der Waals surface area (Å²) in [7, 11) is 0. The average molecular weight is 136 g/mol. The molecule has 2 heteroatoms. The Hall–Kier alpha value is -1.05. The molecule has 0 aliphatic rings. The fourth-order valence-electron chi connectivity index (χ4n) is 0.731. The predicted octanol–water partition coefficient (Wildman–Crippen LogP) is 1.59. The zero-order valence-corrected chi connectivity index (χ0v) is 6.22. The van der Waals surface area contributed by atoms with E-state index < -0.39 is 0 Å². The van der Waals surface area contributed by atoms with Crippen molar-refractivity contribution in [2.75, 3.05) is 6.61 Å². The normalized spacial score (nSPS) is 9.40. The summed E-state index contributed by atoms with van der Waals surface area (Å²) in [5.74, 6) is 0.873. The molecule has 0 spiro atoms. The Labute approximate surface area is 60.9 Å². The number of pyridine rings is 1. The second-order valence-electron chi connectivity index (χ2n) is 1.98.